The lowest BCUT2D eigenvalue weighted by molar-refractivity contribution is -0.132. The third-order valence-corrected chi connectivity index (χ3v) is 2.44. The van der Waals surface area contributed by atoms with Crippen LogP contribution in [0.3, 0.4) is 0 Å². The zero-order valence-corrected chi connectivity index (χ0v) is 12.3. The first-order valence-electron chi connectivity index (χ1n) is 5.54. The number of nitrogens with zero attached hydrogens (tertiary/aromatic N) is 2. The van der Waals surface area contributed by atoms with E-state index in [0.29, 0.717) is 6.54 Å². The van der Waals surface area contributed by atoms with Gasteiger partial charge in [0.25, 0.3) is 0 Å². The number of nitrogens with two attached hydrogens (primary N) is 1. The van der Waals surface area contributed by atoms with Crippen LogP contribution in [0.15, 0.2) is 24.5 Å². The van der Waals surface area contributed by atoms with Crippen LogP contribution in [0.2, 0.25) is 0 Å². The molecule has 18 heavy (non-hydrogen) atoms. The molecule has 0 bridgehead atoms. The molecule has 0 aromatic carbocycles. The van der Waals surface area contributed by atoms with E-state index in [1.165, 1.54) is 0 Å². The fraction of sp³-hybridized carbons (Fsp3) is 0.500. The standard InChI is InChI=1S/C12H19N3O.2ClH/c1-3-5-11(13)12(16)15(2)9-10-6-4-7-14-8-10;;/h4,6-8,11H,3,5,9,13H2,1-2H3;2*1H. The van der Waals surface area contributed by atoms with E-state index in [9.17, 15) is 4.79 Å². The molecule has 6 heteroatoms. The largest absolute Gasteiger partial charge is 0.340 e. The topological polar surface area (TPSA) is 59.2 Å². The molecular formula is C12H21Cl2N3O. The molecule has 1 aromatic rings. The first-order valence-corrected chi connectivity index (χ1v) is 5.54. The number of pyridine rings is 1. The molecule has 1 rings (SSSR count). The van der Waals surface area contributed by atoms with Crippen LogP contribution >= 0.6 is 24.8 Å². The Bertz CT molecular complexity index is 335. The molecule has 1 atom stereocenters. The van der Waals surface area contributed by atoms with Crippen LogP contribution in [-0.2, 0) is 11.3 Å². The molecule has 0 aliphatic carbocycles. The Morgan fingerprint density at radius 2 is 2.17 bits per heavy atom. The van der Waals surface area contributed by atoms with E-state index in [-0.39, 0.29) is 36.8 Å². The van der Waals surface area contributed by atoms with Gasteiger partial charge in [-0.05, 0) is 18.1 Å². The van der Waals surface area contributed by atoms with E-state index in [1.807, 2.05) is 19.1 Å². The number of hydrogen-bond acceptors (Lipinski definition) is 3. The number of rotatable bonds is 5. The maximum Gasteiger partial charge on any atom is 0.239 e. The van der Waals surface area contributed by atoms with E-state index in [0.717, 1.165) is 18.4 Å². The third-order valence-electron chi connectivity index (χ3n) is 2.44. The van der Waals surface area contributed by atoms with Crippen molar-refractivity contribution in [2.24, 2.45) is 5.73 Å². The van der Waals surface area contributed by atoms with E-state index in [1.54, 1.807) is 24.3 Å². The number of amides is 1. The number of aromatic nitrogens is 1. The van der Waals surface area contributed by atoms with Crippen molar-refractivity contribution in [3.63, 3.8) is 0 Å². The molecule has 1 amide bonds. The van der Waals surface area contributed by atoms with Gasteiger partial charge in [-0.15, -0.1) is 24.8 Å². The van der Waals surface area contributed by atoms with Gasteiger partial charge in [0.2, 0.25) is 5.91 Å². The lowest BCUT2D eigenvalue weighted by Gasteiger charge is -2.20. The molecule has 1 aromatic heterocycles. The zero-order valence-electron chi connectivity index (χ0n) is 10.7. The van der Waals surface area contributed by atoms with Crippen molar-refractivity contribution in [3.8, 4) is 0 Å². The van der Waals surface area contributed by atoms with Crippen molar-refractivity contribution in [1.29, 1.82) is 0 Å². The van der Waals surface area contributed by atoms with Crippen LogP contribution in [0.4, 0.5) is 0 Å². The molecule has 0 saturated carbocycles. The predicted molar refractivity (Wildman–Crippen MR) is 78.1 cm³/mol. The van der Waals surface area contributed by atoms with Gasteiger partial charge >= 0.3 is 0 Å². The zero-order chi connectivity index (χ0) is 12.0. The normalized spacial score (nSPS) is 10.8. The van der Waals surface area contributed by atoms with Gasteiger partial charge < -0.3 is 10.6 Å². The smallest absolute Gasteiger partial charge is 0.239 e. The predicted octanol–water partition coefficient (Wildman–Crippen LogP) is 2.01. The van der Waals surface area contributed by atoms with Crippen molar-refractivity contribution >= 4 is 30.7 Å². The van der Waals surface area contributed by atoms with Gasteiger partial charge in [0.05, 0.1) is 6.04 Å². The molecule has 0 spiro atoms. The average molecular weight is 294 g/mol. The molecule has 4 nitrogen and oxygen atoms in total. The van der Waals surface area contributed by atoms with Crippen LogP contribution < -0.4 is 5.73 Å². The maximum absolute atomic E-state index is 11.8. The number of hydrogen-bond donors (Lipinski definition) is 1. The lowest BCUT2D eigenvalue weighted by Crippen LogP contribution is -2.41. The number of carbonyl (C=O) groups is 1. The van der Waals surface area contributed by atoms with Crippen molar-refractivity contribution < 1.29 is 4.79 Å². The van der Waals surface area contributed by atoms with Crippen LogP contribution in [0.1, 0.15) is 25.3 Å². The number of likely N-dealkylation sites (N-methyl/N-ethyl adjacent to an activating group) is 1. The monoisotopic (exact) mass is 293 g/mol. The molecule has 0 aliphatic heterocycles. The molecule has 1 unspecified atom stereocenters. The minimum Gasteiger partial charge on any atom is -0.340 e. The quantitative estimate of drug-likeness (QED) is 0.903. The highest BCUT2D eigenvalue weighted by molar-refractivity contribution is 5.85. The molecule has 2 N–H and O–H groups in total. The summed E-state index contributed by atoms with van der Waals surface area (Å²) in [7, 11) is 1.77. The van der Waals surface area contributed by atoms with Gasteiger partial charge in [-0.2, -0.15) is 0 Å². The highest BCUT2D eigenvalue weighted by Gasteiger charge is 2.16. The molecular weight excluding hydrogens is 273 g/mol. The molecule has 104 valence electrons. The van der Waals surface area contributed by atoms with E-state index >= 15 is 0 Å². The summed E-state index contributed by atoms with van der Waals surface area (Å²) in [5.74, 6) is -0.00861. The second kappa shape index (κ2) is 10.1. The van der Waals surface area contributed by atoms with Gasteiger partial charge in [-0.3, -0.25) is 9.78 Å². The Labute approximate surface area is 121 Å². The fourth-order valence-corrected chi connectivity index (χ4v) is 1.56. The van der Waals surface area contributed by atoms with Crippen LogP contribution in [0.5, 0.6) is 0 Å². The Morgan fingerprint density at radius 3 is 2.67 bits per heavy atom. The van der Waals surface area contributed by atoms with Crippen molar-refractivity contribution in [2.45, 2.75) is 32.4 Å². The first kappa shape index (κ1) is 19.5. The Balaban J connectivity index is 0. The Kier molecular flexibility index (Phi) is 11.0. The fourth-order valence-electron chi connectivity index (χ4n) is 1.56. The number of carbonyl (C=O) groups excluding carboxylic acids is 1. The maximum atomic E-state index is 11.8. The first-order chi connectivity index (χ1) is 7.65. The van der Waals surface area contributed by atoms with Gasteiger partial charge in [0, 0.05) is 26.0 Å². The van der Waals surface area contributed by atoms with Crippen LogP contribution in [0, 0.1) is 0 Å². The van der Waals surface area contributed by atoms with Gasteiger partial charge in [-0.25, -0.2) is 0 Å². The summed E-state index contributed by atoms with van der Waals surface area (Å²) in [6, 6.07) is 3.42. The SMILES string of the molecule is CCCC(N)C(=O)N(C)Cc1cccnc1.Cl.Cl. The molecule has 0 radical (unpaired) electrons. The van der Waals surface area contributed by atoms with E-state index in [4.69, 9.17) is 5.73 Å². The second-order valence-electron chi connectivity index (χ2n) is 3.95. The van der Waals surface area contributed by atoms with E-state index < -0.39 is 0 Å². The average Bonchev–Trinajstić information content (AvgIpc) is 2.29. The molecule has 1 heterocycles. The summed E-state index contributed by atoms with van der Waals surface area (Å²) in [6.07, 6.45) is 5.13. The third kappa shape index (κ3) is 6.19. The Morgan fingerprint density at radius 1 is 1.50 bits per heavy atom. The van der Waals surface area contributed by atoms with E-state index in [2.05, 4.69) is 4.98 Å². The summed E-state index contributed by atoms with van der Waals surface area (Å²) >= 11 is 0. The summed E-state index contributed by atoms with van der Waals surface area (Å²) in [6.45, 7) is 2.58. The number of halogens is 2. The van der Waals surface area contributed by atoms with Gasteiger partial charge in [-0.1, -0.05) is 19.4 Å². The van der Waals surface area contributed by atoms with Crippen molar-refractivity contribution in [3.05, 3.63) is 30.1 Å². The summed E-state index contributed by atoms with van der Waals surface area (Å²) in [5, 5.41) is 0. The second-order valence-corrected chi connectivity index (χ2v) is 3.95. The summed E-state index contributed by atoms with van der Waals surface area (Å²) in [5.41, 5.74) is 6.79. The van der Waals surface area contributed by atoms with Crippen LogP contribution in [-0.4, -0.2) is 28.9 Å². The van der Waals surface area contributed by atoms with Crippen molar-refractivity contribution in [2.75, 3.05) is 7.05 Å². The van der Waals surface area contributed by atoms with Gasteiger partial charge in [0.1, 0.15) is 0 Å². The van der Waals surface area contributed by atoms with Crippen molar-refractivity contribution in [1.82, 2.24) is 9.88 Å². The van der Waals surface area contributed by atoms with Gasteiger partial charge in [0.15, 0.2) is 0 Å². The Hall–Kier alpha value is -0.840. The molecule has 0 fully saturated rings. The minimum absolute atomic E-state index is 0. The van der Waals surface area contributed by atoms with Crippen LogP contribution in [0.25, 0.3) is 0 Å². The molecule has 0 aliphatic rings. The highest BCUT2D eigenvalue weighted by Crippen LogP contribution is 2.04. The summed E-state index contributed by atoms with van der Waals surface area (Å²) in [4.78, 5) is 17.5. The highest BCUT2D eigenvalue weighted by atomic mass is 35.5. The lowest BCUT2D eigenvalue weighted by atomic mass is 10.1. The minimum atomic E-state index is -0.383. The molecule has 0 saturated heterocycles. The summed E-state index contributed by atoms with van der Waals surface area (Å²) < 4.78 is 0.